The van der Waals surface area contributed by atoms with E-state index in [0.717, 1.165) is 0 Å². The number of carbonyl (C=O) groups is 2. The fourth-order valence-corrected chi connectivity index (χ4v) is 2.52. The Bertz CT molecular complexity index is 758. The van der Waals surface area contributed by atoms with Crippen LogP contribution in [0.3, 0.4) is 0 Å². The van der Waals surface area contributed by atoms with E-state index in [1.807, 2.05) is 0 Å². The van der Waals surface area contributed by atoms with Crippen molar-refractivity contribution in [1.82, 2.24) is 9.97 Å². The average Bonchev–Trinajstić information content (AvgIpc) is 2.59. The molecule has 0 aliphatic rings. The first kappa shape index (κ1) is 27.1. The molecular formula is C17H25F4N3O6. The highest BCUT2D eigenvalue weighted by molar-refractivity contribution is 5.93. The Balaban J connectivity index is 0.000000564. The molecule has 172 valence electrons. The van der Waals surface area contributed by atoms with Gasteiger partial charge in [0, 0.05) is 19.3 Å². The highest BCUT2D eigenvalue weighted by Gasteiger charge is 2.40. The van der Waals surface area contributed by atoms with E-state index in [-0.39, 0.29) is 24.4 Å². The second-order valence-corrected chi connectivity index (χ2v) is 6.42. The molecule has 13 heteroatoms. The van der Waals surface area contributed by atoms with Crippen molar-refractivity contribution in [3.63, 3.8) is 0 Å². The van der Waals surface area contributed by atoms with Crippen molar-refractivity contribution in [2.24, 2.45) is 11.8 Å². The molecule has 1 heterocycles. The Morgan fingerprint density at radius 1 is 1.20 bits per heavy atom. The Morgan fingerprint density at radius 3 is 2.10 bits per heavy atom. The van der Waals surface area contributed by atoms with Crippen LogP contribution in [0.25, 0.3) is 0 Å². The number of nitrogen functional groups attached to an aromatic ring is 1. The van der Waals surface area contributed by atoms with Crippen molar-refractivity contribution in [2.75, 3.05) is 5.73 Å². The summed E-state index contributed by atoms with van der Waals surface area (Å²) in [5.41, 5.74) is 4.26. The maximum Gasteiger partial charge on any atom is 0.318 e. The topological polar surface area (TPSA) is 167 Å². The van der Waals surface area contributed by atoms with Crippen molar-refractivity contribution >= 4 is 17.9 Å². The molecule has 30 heavy (non-hydrogen) atoms. The quantitative estimate of drug-likeness (QED) is 0.272. The van der Waals surface area contributed by atoms with Crippen LogP contribution >= 0.6 is 0 Å². The van der Waals surface area contributed by atoms with E-state index in [4.69, 9.17) is 21.1 Å². The standard InChI is InChI=1S/C10H16F2O4.C7H9F2N3O2/c1-3-6(5-10(11,12)4-2)7(8(13)14)9(15)16;8-4(9)2-1-3-5(13)11-7(10)12-6(3)14/h6-7H,3-5H2,1-2H3,(H,13,14)(H,15,16);4H,1-2H2,(H4,10,11,12,13,14). The molecule has 9 nitrogen and oxygen atoms in total. The van der Waals surface area contributed by atoms with Crippen molar-refractivity contribution < 1.29 is 42.5 Å². The molecule has 1 atom stereocenters. The van der Waals surface area contributed by atoms with Crippen LogP contribution in [0.2, 0.25) is 0 Å². The molecule has 6 N–H and O–H groups in total. The van der Waals surface area contributed by atoms with Gasteiger partial charge in [0.15, 0.2) is 5.92 Å². The zero-order chi connectivity index (χ0) is 23.6. The predicted molar refractivity (Wildman–Crippen MR) is 97.7 cm³/mol. The minimum Gasteiger partial charge on any atom is -0.493 e. The number of nitrogens with zero attached hydrogens (tertiary/aromatic N) is 1. The van der Waals surface area contributed by atoms with Gasteiger partial charge in [-0.2, -0.15) is 4.98 Å². The molecule has 0 amide bonds. The zero-order valence-corrected chi connectivity index (χ0v) is 16.4. The third-order valence-corrected chi connectivity index (χ3v) is 4.23. The van der Waals surface area contributed by atoms with E-state index in [2.05, 4.69) is 9.97 Å². The SMILES string of the molecule is CCC(CC(F)(F)CC)C(C(=O)O)C(=O)O.Nc1nc(O)c(CCC(F)F)c(=O)[nH]1. The maximum absolute atomic E-state index is 13.1. The summed E-state index contributed by atoms with van der Waals surface area (Å²) in [7, 11) is 0. The lowest BCUT2D eigenvalue weighted by Gasteiger charge is -2.24. The first-order valence-electron chi connectivity index (χ1n) is 8.94. The van der Waals surface area contributed by atoms with Crippen LogP contribution < -0.4 is 11.3 Å². The summed E-state index contributed by atoms with van der Waals surface area (Å²) in [6.07, 6.45) is -4.28. The van der Waals surface area contributed by atoms with Gasteiger partial charge in [0.1, 0.15) is 0 Å². The van der Waals surface area contributed by atoms with Gasteiger partial charge in [-0.3, -0.25) is 19.4 Å². The van der Waals surface area contributed by atoms with Gasteiger partial charge in [-0.15, -0.1) is 0 Å². The van der Waals surface area contributed by atoms with Crippen molar-refractivity contribution in [3.05, 3.63) is 15.9 Å². The Morgan fingerprint density at radius 2 is 1.73 bits per heavy atom. The van der Waals surface area contributed by atoms with Crippen LogP contribution in [0.4, 0.5) is 23.5 Å². The number of alkyl halides is 4. The van der Waals surface area contributed by atoms with Crippen molar-refractivity contribution in [1.29, 1.82) is 0 Å². The van der Waals surface area contributed by atoms with Crippen LogP contribution in [0.1, 0.15) is 45.1 Å². The summed E-state index contributed by atoms with van der Waals surface area (Å²) in [6.45, 7) is 2.79. The maximum atomic E-state index is 13.1. The average molecular weight is 443 g/mol. The molecule has 1 aromatic heterocycles. The predicted octanol–water partition coefficient (Wildman–Crippen LogP) is 2.49. The van der Waals surface area contributed by atoms with Crippen molar-refractivity contribution in [2.45, 2.75) is 58.3 Å². The fraction of sp³-hybridized carbons (Fsp3) is 0.647. The number of aliphatic carboxylic acids is 2. The number of carboxylic acid groups (broad SMARTS) is 2. The van der Waals surface area contributed by atoms with Crippen LogP contribution in [0.5, 0.6) is 5.88 Å². The monoisotopic (exact) mass is 443 g/mol. The second kappa shape index (κ2) is 12.0. The molecular weight excluding hydrogens is 418 g/mol. The summed E-state index contributed by atoms with van der Waals surface area (Å²) in [5.74, 6) is -9.78. The van der Waals surface area contributed by atoms with Crippen molar-refractivity contribution in [3.8, 4) is 5.88 Å². The van der Waals surface area contributed by atoms with Gasteiger partial charge in [0.05, 0.1) is 5.56 Å². The van der Waals surface area contributed by atoms with E-state index < -0.39 is 66.8 Å². The van der Waals surface area contributed by atoms with E-state index >= 15 is 0 Å². The summed E-state index contributed by atoms with van der Waals surface area (Å²) >= 11 is 0. The lowest BCUT2D eigenvalue weighted by molar-refractivity contribution is -0.159. The molecule has 0 aliphatic heterocycles. The smallest absolute Gasteiger partial charge is 0.318 e. The van der Waals surface area contributed by atoms with E-state index in [1.54, 1.807) is 0 Å². The number of aromatic amines is 1. The molecule has 0 fully saturated rings. The number of carboxylic acids is 2. The summed E-state index contributed by atoms with van der Waals surface area (Å²) in [6, 6.07) is 0. The van der Waals surface area contributed by atoms with Crippen LogP contribution in [0.15, 0.2) is 4.79 Å². The third-order valence-electron chi connectivity index (χ3n) is 4.23. The van der Waals surface area contributed by atoms with E-state index in [1.165, 1.54) is 13.8 Å². The molecule has 0 saturated heterocycles. The summed E-state index contributed by atoms with van der Waals surface area (Å²) < 4.78 is 49.8. The van der Waals surface area contributed by atoms with Gasteiger partial charge < -0.3 is 21.1 Å². The third kappa shape index (κ3) is 9.09. The molecule has 1 aromatic rings. The number of aromatic hydroxyl groups is 1. The zero-order valence-electron chi connectivity index (χ0n) is 16.4. The first-order valence-corrected chi connectivity index (χ1v) is 8.94. The largest absolute Gasteiger partial charge is 0.493 e. The lowest BCUT2D eigenvalue weighted by atomic mass is 9.84. The van der Waals surface area contributed by atoms with Crippen LogP contribution in [-0.2, 0) is 16.0 Å². The van der Waals surface area contributed by atoms with Gasteiger partial charge in [-0.25, -0.2) is 17.6 Å². The Labute approximate surface area is 168 Å². The normalized spacial score (nSPS) is 12.4. The van der Waals surface area contributed by atoms with Gasteiger partial charge in [0.25, 0.3) is 5.56 Å². The highest BCUT2D eigenvalue weighted by Crippen LogP contribution is 2.32. The van der Waals surface area contributed by atoms with Crippen LogP contribution in [0, 0.1) is 11.8 Å². The molecule has 0 aliphatic carbocycles. The number of rotatable bonds is 10. The minimum atomic E-state index is -3.01. The number of nitrogens with one attached hydrogen (secondary N) is 1. The number of H-pyrrole nitrogens is 1. The first-order chi connectivity index (χ1) is 13.8. The fourth-order valence-electron chi connectivity index (χ4n) is 2.52. The summed E-state index contributed by atoms with van der Waals surface area (Å²) in [5, 5.41) is 26.5. The Kier molecular flexibility index (Phi) is 10.8. The number of hydrogen-bond acceptors (Lipinski definition) is 6. The highest BCUT2D eigenvalue weighted by atomic mass is 19.3. The molecule has 1 unspecified atom stereocenters. The molecule has 0 radical (unpaired) electrons. The lowest BCUT2D eigenvalue weighted by Crippen LogP contribution is -2.34. The molecule has 0 aromatic carbocycles. The Hall–Kier alpha value is -2.86. The minimum absolute atomic E-state index is 0.0961. The molecule has 0 saturated carbocycles. The number of nitrogens with two attached hydrogens (primary N) is 1. The van der Waals surface area contributed by atoms with Gasteiger partial charge in [0.2, 0.25) is 24.2 Å². The van der Waals surface area contributed by atoms with E-state index in [9.17, 15) is 31.9 Å². The second-order valence-electron chi connectivity index (χ2n) is 6.42. The number of halogens is 4. The molecule has 0 spiro atoms. The number of hydrogen-bond donors (Lipinski definition) is 5. The van der Waals surface area contributed by atoms with Crippen LogP contribution in [-0.4, -0.2) is 49.6 Å². The summed E-state index contributed by atoms with van der Waals surface area (Å²) in [4.78, 5) is 37.9. The molecule has 0 bridgehead atoms. The number of anilines is 1. The van der Waals surface area contributed by atoms with Gasteiger partial charge in [-0.1, -0.05) is 20.3 Å². The van der Waals surface area contributed by atoms with E-state index in [0.29, 0.717) is 0 Å². The number of aromatic nitrogens is 2. The van der Waals surface area contributed by atoms with Gasteiger partial charge in [-0.05, 0) is 12.3 Å². The molecule has 1 rings (SSSR count). The van der Waals surface area contributed by atoms with Gasteiger partial charge >= 0.3 is 11.9 Å².